The molecule has 122 valence electrons. The number of aromatic nitrogens is 1. The van der Waals surface area contributed by atoms with Crippen molar-refractivity contribution in [3.05, 3.63) is 70.7 Å². The minimum absolute atomic E-state index is 0.440. The number of benzene rings is 2. The Morgan fingerprint density at radius 1 is 1.12 bits per heavy atom. The van der Waals surface area contributed by atoms with Gasteiger partial charge in [-0.3, -0.25) is 4.79 Å². The van der Waals surface area contributed by atoms with Crippen LogP contribution in [0.3, 0.4) is 0 Å². The fraction of sp³-hybridized carbons (Fsp3) is 0.158. The molecule has 0 atom stereocenters. The van der Waals surface area contributed by atoms with E-state index in [1.54, 1.807) is 35.6 Å². The van der Waals surface area contributed by atoms with Crippen LogP contribution >= 0.6 is 11.3 Å². The first kappa shape index (κ1) is 16.2. The van der Waals surface area contributed by atoms with E-state index in [2.05, 4.69) is 19.1 Å². The smallest absolute Gasteiger partial charge is 0.248 e. The van der Waals surface area contributed by atoms with Gasteiger partial charge >= 0.3 is 0 Å². The average molecular weight is 338 g/mol. The summed E-state index contributed by atoms with van der Waals surface area (Å²) in [6.07, 6.45) is 0.864. The van der Waals surface area contributed by atoms with Crippen molar-refractivity contribution in [1.82, 2.24) is 4.98 Å². The van der Waals surface area contributed by atoms with Crippen molar-refractivity contribution >= 4 is 17.2 Å². The van der Waals surface area contributed by atoms with E-state index in [1.165, 1.54) is 0 Å². The number of hydrogen-bond donors (Lipinski definition) is 1. The van der Waals surface area contributed by atoms with Gasteiger partial charge in [0.2, 0.25) is 5.91 Å². The zero-order chi connectivity index (χ0) is 16.9. The fourth-order valence-corrected chi connectivity index (χ4v) is 3.41. The number of primary amides is 1. The van der Waals surface area contributed by atoms with Crippen LogP contribution in [0.5, 0.6) is 5.75 Å². The molecule has 0 unspecified atom stereocenters. The summed E-state index contributed by atoms with van der Waals surface area (Å²) >= 11 is 1.65. The SMILES string of the molecule is CCc1nc(-c2ccccc2)sc1COc1ccc(C(N)=O)cc1. The molecular weight excluding hydrogens is 320 g/mol. The molecule has 0 spiro atoms. The molecule has 0 radical (unpaired) electrons. The highest BCUT2D eigenvalue weighted by Gasteiger charge is 2.12. The zero-order valence-electron chi connectivity index (χ0n) is 13.4. The second-order valence-electron chi connectivity index (χ2n) is 5.29. The highest BCUT2D eigenvalue weighted by atomic mass is 32.1. The van der Waals surface area contributed by atoms with E-state index < -0.39 is 5.91 Å². The number of rotatable bonds is 6. The highest BCUT2D eigenvalue weighted by molar-refractivity contribution is 7.15. The molecule has 2 aromatic carbocycles. The van der Waals surface area contributed by atoms with Crippen molar-refractivity contribution in [1.29, 1.82) is 0 Å². The van der Waals surface area contributed by atoms with Crippen molar-refractivity contribution in [3.63, 3.8) is 0 Å². The summed E-state index contributed by atoms with van der Waals surface area (Å²) in [6.45, 7) is 2.55. The van der Waals surface area contributed by atoms with Crippen LogP contribution in [0.1, 0.15) is 27.9 Å². The maximum Gasteiger partial charge on any atom is 0.248 e. The second kappa shape index (κ2) is 7.27. The molecule has 0 fully saturated rings. The van der Waals surface area contributed by atoms with Crippen molar-refractivity contribution in [2.45, 2.75) is 20.0 Å². The molecule has 0 saturated heterocycles. The monoisotopic (exact) mass is 338 g/mol. The summed E-state index contributed by atoms with van der Waals surface area (Å²) in [5.41, 5.74) is 7.89. The largest absolute Gasteiger partial charge is 0.488 e. The first-order chi connectivity index (χ1) is 11.7. The van der Waals surface area contributed by atoms with Gasteiger partial charge in [-0.05, 0) is 30.7 Å². The molecule has 4 nitrogen and oxygen atoms in total. The maximum atomic E-state index is 11.1. The summed E-state index contributed by atoms with van der Waals surface area (Å²) in [6, 6.07) is 17.0. The molecule has 0 aliphatic rings. The van der Waals surface area contributed by atoms with Crippen LogP contribution in [0, 0.1) is 0 Å². The van der Waals surface area contributed by atoms with Gasteiger partial charge in [0.15, 0.2) is 0 Å². The summed E-state index contributed by atoms with van der Waals surface area (Å²) in [4.78, 5) is 16.9. The van der Waals surface area contributed by atoms with Crippen LogP contribution in [-0.4, -0.2) is 10.9 Å². The van der Waals surface area contributed by atoms with Gasteiger partial charge in [-0.25, -0.2) is 4.98 Å². The number of hydrogen-bond acceptors (Lipinski definition) is 4. The molecule has 3 aromatic rings. The average Bonchev–Trinajstić information content (AvgIpc) is 3.04. The number of nitrogens with zero attached hydrogens (tertiary/aromatic N) is 1. The Bertz CT molecular complexity index is 826. The van der Waals surface area contributed by atoms with Crippen molar-refractivity contribution in [2.75, 3.05) is 0 Å². The van der Waals surface area contributed by atoms with Gasteiger partial charge < -0.3 is 10.5 Å². The Labute approximate surface area is 144 Å². The number of aryl methyl sites for hydroxylation is 1. The van der Waals surface area contributed by atoms with Gasteiger partial charge in [0.25, 0.3) is 0 Å². The van der Waals surface area contributed by atoms with E-state index in [4.69, 9.17) is 15.5 Å². The summed E-state index contributed by atoms with van der Waals surface area (Å²) in [5.74, 6) is 0.265. The lowest BCUT2D eigenvalue weighted by atomic mass is 10.2. The highest BCUT2D eigenvalue weighted by Crippen LogP contribution is 2.29. The summed E-state index contributed by atoms with van der Waals surface area (Å²) < 4.78 is 5.84. The van der Waals surface area contributed by atoms with Crippen molar-refractivity contribution in [3.8, 4) is 16.3 Å². The molecule has 0 saturated carbocycles. The van der Waals surface area contributed by atoms with Gasteiger partial charge in [0.1, 0.15) is 17.4 Å². The molecule has 0 bridgehead atoms. The minimum atomic E-state index is -0.440. The lowest BCUT2D eigenvalue weighted by Gasteiger charge is -2.06. The van der Waals surface area contributed by atoms with E-state index in [9.17, 15) is 4.79 Å². The third-order valence-electron chi connectivity index (χ3n) is 3.64. The van der Waals surface area contributed by atoms with Gasteiger partial charge in [0, 0.05) is 11.1 Å². The number of amides is 1. The number of thiazole rings is 1. The van der Waals surface area contributed by atoms with Gasteiger partial charge in [0.05, 0.1) is 10.6 Å². The number of carbonyl (C=O) groups is 1. The molecule has 1 heterocycles. The van der Waals surface area contributed by atoms with E-state index in [0.717, 1.165) is 27.6 Å². The Morgan fingerprint density at radius 2 is 1.83 bits per heavy atom. The molecule has 0 aliphatic heterocycles. The predicted octanol–water partition coefficient (Wildman–Crippen LogP) is 4.05. The van der Waals surface area contributed by atoms with Crippen molar-refractivity contribution in [2.24, 2.45) is 5.73 Å². The molecule has 2 N–H and O–H groups in total. The quantitative estimate of drug-likeness (QED) is 0.737. The van der Waals surface area contributed by atoms with Crippen LogP contribution in [0.2, 0.25) is 0 Å². The lowest BCUT2D eigenvalue weighted by Crippen LogP contribution is -2.10. The maximum absolute atomic E-state index is 11.1. The van der Waals surface area contributed by atoms with Crippen LogP contribution in [-0.2, 0) is 13.0 Å². The minimum Gasteiger partial charge on any atom is -0.488 e. The third-order valence-corrected chi connectivity index (χ3v) is 4.76. The van der Waals surface area contributed by atoms with Crippen LogP contribution in [0.4, 0.5) is 0 Å². The molecular formula is C19H18N2O2S. The number of nitrogens with two attached hydrogens (primary N) is 1. The van der Waals surface area contributed by atoms with Gasteiger partial charge in [-0.1, -0.05) is 37.3 Å². The molecule has 1 aromatic heterocycles. The van der Waals surface area contributed by atoms with E-state index in [-0.39, 0.29) is 0 Å². The Hall–Kier alpha value is -2.66. The second-order valence-corrected chi connectivity index (χ2v) is 6.37. The Balaban J connectivity index is 1.75. The number of ether oxygens (including phenoxy) is 1. The molecule has 3 rings (SSSR count). The van der Waals surface area contributed by atoms with Crippen LogP contribution in [0.25, 0.3) is 10.6 Å². The third kappa shape index (κ3) is 3.63. The Kier molecular flexibility index (Phi) is 4.91. The standard InChI is InChI=1S/C19H18N2O2S/c1-2-16-17(24-19(21-16)14-6-4-3-5-7-14)12-23-15-10-8-13(9-11-15)18(20)22/h3-11H,2,12H2,1H3,(H2,20,22). The van der Waals surface area contributed by atoms with E-state index in [1.807, 2.05) is 18.2 Å². The fourth-order valence-electron chi connectivity index (χ4n) is 2.34. The predicted molar refractivity (Wildman–Crippen MR) is 96.2 cm³/mol. The Morgan fingerprint density at radius 3 is 2.46 bits per heavy atom. The van der Waals surface area contributed by atoms with E-state index in [0.29, 0.717) is 17.9 Å². The first-order valence-electron chi connectivity index (χ1n) is 7.74. The van der Waals surface area contributed by atoms with Gasteiger partial charge in [-0.2, -0.15) is 0 Å². The van der Waals surface area contributed by atoms with Gasteiger partial charge in [-0.15, -0.1) is 11.3 Å². The molecule has 1 amide bonds. The molecule has 24 heavy (non-hydrogen) atoms. The lowest BCUT2D eigenvalue weighted by molar-refractivity contribution is 0.100. The number of carbonyl (C=O) groups excluding carboxylic acids is 1. The normalized spacial score (nSPS) is 10.5. The molecule has 5 heteroatoms. The van der Waals surface area contributed by atoms with Crippen molar-refractivity contribution < 1.29 is 9.53 Å². The first-order valence-corrected chi connectivity index (χ1v) is 8.55. The van der Waals surface area contributed by atoms with Crippen LogP contribution in [0.15, 0.2) is 54.6 Å². The molecule has 0 aliphatic carbocycles. The summed E-state index contributed by atoms with van der Waals surface area (Å²) in [5, 5.41) is 1.01. The van der Waals surface area contributed by atoms with E-state index >= 15 is 0 Å². The topological polar surface area (TPSA) is 65.2 Å². The zero-order valence-corrected chi connectivity index (χ0v) is 14.2. The van der Waals surface area contributed by atoms with Crippen LogP contribution < -0.4 is 10.5 Å². The summed E-state index contributed by atoms with van der Waals surface area (Å²) in [7, 11) is 0.